The molecule has 15 heavy (non-hydrogen) atoms. The molecule has 0 amide bonds. The summed E-state index contributed by atoms with van der Waals surface area (Å²) >= 11 is 0. The van der Waals surface area contributed by atoms with E-state index in [0.29, 0.717) is 12.7 Å². The molecule has 0 aliphatic carbocycles. The lowest BCUT2D eigenvalue weighted by Gasteiger charge is -2.16. The van der Waals surface area contributed by atoms with E-state index in [-0.39, 0.29) is 18.1 Å². The number of aldehydes is 1. The summed E-state index contributed by atoms with van der Waals surface area (Å²) in [4.78, 5) is 10.2. The second-order valence-corrected chi connectivity index (χ2v) is 3.75. The van der Waals surface area contributed by atoms with E-state index in [4.69, 9.17) is 0 Å². The molecule has 0 fully saturated rings. The smallest absolute Gasteiger partial charge is 0.122 e. The molecular weight excluding hydrogens is 192 g/mol. The average molecular weight is 208 g/mol. The Kier molecular flexibility index (Phi) is 4.31. The summed E-state index contributed by atoms with van der Waals surface area (Å²) in [5.74, 6) is 0.282. The van der Waals surface area contributed by atoms with Gasteiger partial charge in [0, 0.05) is 6.42 Å². The first-order valence-corrected chi connectivity index (χ1v) is 5.04. The molecule has 0 heterocycles. The fraction of sp³-hybridized carbons (Fsp3) is 0.417. The fourth-order valence-corrected chi connectivity index (χ4v) is 1.65. The summed E-state index contributed by atoms with van der Waals surface area (Å²) in [6.45, 7) is 1.92. The second kappa shape index (κ2) is 5.51. The maximum Gasteiger partial charge on any atom is 0.122 e. The van der Waals surface area contributed by atoms with E-state index < -0.39 is 6.10 Å². The maximum absolute atomic E-state index is 10.2. The highest BCUT2D eigenvalue weighted by Gasteiger charge is 2.14. The van der Waals surface area contributed by atoms with Crippen LogP contribution in [0.3, 0.4) is 0 Å². The zero-order valence-electron chi connectivity index (χ0n) is 8.76. The number of hydrogen-bond acceptors (Lipinski definition) is 3. The van der Waals surface area contributed by atoms with Crippen LogP contribution in [-0.4, -0.2) is 22.6 Å². The highest BCUT2D eigenvalue weighted by Crippen LogP contribution is 2.28. The van der Waals surface area contributed by atoms with Crippen molar-refractivity contribution in [2.24, 2.45) is 0 Å². The van der Waals surface area contributed by atoms with Crippen LogP contribution in [0.5, 0.6) is 5.75 Å². The Hall–Kier alpha value is -1.35. The van der Waals surface area contributed by atoms with Gasteiger partial charge < -0.3 is 15.0 Å². The quantitative estimate of drug-likeness (QED) is 0.726. The Morgan fingerprint density at radius 1 is 1.40 bits per heavy atom. The molecule has 0 aromatic heterocycles. The van der Waals surface area contributed by atoms with Crippen LogP contribution in [0.2, 0.25) is 0 Å². The van der Waals surface area contributed by atoms with Crippen LogP contribution in [0.15, 0.2) is 24.3 Å². The number of carbonyl (C=O) groups is 1. The van der Waals surface area contributed by atoms with Gasteiger partial charge in [-0.05, 0) is 24.0 Å². The molecule has 1 aromatic rings. The summed E-state index contributed by atoms with van der Waals surface area (Å²) in [7, 11) is 0. The molecule has 0 aliphatic rings. The summed E-state index contributed by atoms with van der Waals surface area (Å²) < 4.78 is 0. The minimum absolute atomic E-state index is 0.0427. The summed E-state index contributed by atoms with van der Waals surface area (Å²) in [6.07, 6.45) is 0.716. The highest BCUT2D eigenvalue weighted by molar-refractivity contribution is 5.50. The van der Waals surface area contributed by atoms with Gasteiger partial charge in [-0.3, -0.25) is 0 Å². The van der Waals surface area contributed by atoms with Gasteiger partial charge in [-0.15, -0.1) is 0 Å². The number of phenols is 1. The van der Waals surface area contributed by atoms with Gasteiger partial charge in [-0.25, -0.2) is 0 Å². The lowest BCUT2D eigenvalue weighted by molar-refractivity contribution is -0.109. The molecule has 1 aromatic carbocycles. The van der Waals surface area contributed by atoms with Gasteiger partial charge in [0.1, 0.15) is 12.0 Å². The average Bonchev–Trinajstić information content (AvgIpc) is 2.18. The van der Waals surface area contributed by atoms with Crippen LogP contribution in [-0.2, 0) is 4.79 Å². The normalized spacial score (nSPS) is 14.5. The number of aliphatic hydroxyl groups excluding tert-OH is 1. The minimum atomic E-state index is -0.628. The van der Waals surface area contributed by atoms with Gasteiger partial charge in [0.2, 0.25) is 0 Å². The Bertz CT molecular complexity index is 322. The zero-order chi connectivity index (χ0) is 11.3. The molecule has 2 unspecified atom stereocenters. The SMILES string of the molecule is CC(CC(O)CC=O)c1ccccc1O. The topological polar surface area (TPSA) is 57.5 Å². The third-order valence-corrected chi connectivity index (χ3v) is 2.46. The van der Waals surface area contributed by atoms with E-state index in [1.807, 2.05) is 19.1 Å². The molecule has 0 radical (unpaired) electrons. The number of aromatic hydroxyl groups is 1. The van der Waals surface area contributed by atoms with E-state index in [2.05, 4.69) is 0 Å². The van der Waals surface area contributed by atoms with Gasteiger partial charge in [0.25, 0.3) is 0 Å². The van der Waals surface area contributed by atoms with Crippen molar-refractivity contribution in [3.8, 4) is 5.75 Å². The second-order valence-electron chi connectivity index (χ2n) is 3.75. The number of phenolic OH excluding ortho intramolecular Hbond substituents is 1. The van der Waals surface area contributed by atoms with Crippen molar-refractivity contribution in [2.75, 3.05) is 0 Å². The summed E-state index contributed by atoms with van der Waals surface area (Å²) in [5, 5.41) is 19.0. The van der Waals surface area contributed by atoms with Gasteiger partial charge in [0.15, 0.2) is 0 Å². The first-order chi connectivity index (χ1) is 7.15. The number of carbonyl (C=O) groups excluding carboxylic acids is 1. The van der Waals surface area contributed by atoms with E-state index in [9.17, 15) is 15.0 Å². The predicted octanol–water partition coefficient (Wildman–Crippen LogP) is 1.84. The number of aliphatic hydroxyl groups is 1. The van der Waals surface area contributed by atoms with Crippen LogP contribution < -0.4 is 0 Å². The molecule has 2 N–H and O–H groups in total. The maximum atomic E-state index is 10.2. The monoisotopic (exact) mass is 208 g/mol. The molecule has 3 heteroatoms. The molecule has 2 atom stereocenters. The Labute approximate surface area is 89.4 Å². The minimum Gasteiger partial charge on any atom is -0.508 e. The van der Waals surface area contributed by atoms with Crippen LogP contribution in [0, 0.1) is 0 Å². The van der Waals surface area contributed by atoms with Crippen molar-refractivity contribution >= 4 is 6.29 Å². The van der Waals surface area contributed by atoms with Gasteiger partial charge >= 0.3 is 0 Å². The van der Waals surface area contributed by atoms with Crippen LogP contribution in [0.25, 0.3) is 0 Å². The Balaban J connectivity index is 2.64. The van der Waals surface area contributed by atoms with Crippen molar-refractivity contribution in [1.29, 1.82) is 0 Å². The number of benzene rings is 1. The largest absolute Gasteiger partial charge is 0.508 e. The van der Waals surface area contributed by atoms with Gasteiger partial charge in [-0.1, -0.05) is 25.1 Å². The van der Waals surface area contributed by atoms with Crippen LogP contribution >= 0.6 is 0 Å². The van der Waals surface area contributed by atoms with E-state index >= 15 is 0 Å². The molecule has 0 aliphatic heterocycles. The summed E-state index contributed by atoms with van der Waals surface area (Å²) in [6, 6.07) is 7.05. The van der Waals surface area contributed by atoms with E-state index in [0.717, 1.165) is 5.56 Å². The molecule has 82 valence electrons. The molecular formula is C12H16O3. The van der Waals surface area contributed by atoms with E-state index in [1.54, 1.807) is 12.1 Å². The Morgan fingerprint density at radius 2 is 2.07 bits per heavy atom. The standard InChI is InChI=1S/C12H16O3/c1-9(8-10(14)6-7-13)11-4-2-3-5-12(11)15/h2-5,7,9-10,14-15H,6,8H2,1H3. The lowest BCUT2D eigenvalue weighted by Crippen LogP contribution is -2.11. The van der Waals surface area contributed by atoms with E-state index in [1.165, 1.54) is 0 Å². The molecule has 0 spiro atoms. The van der Waals surface area contributed by atoms with Crippen molar-refractivity contribution in [3.63, 3.8) is 0 Å². The molecule has 0 saturated heterocycles. The first-order valence-electron chi connectivity index (χ1n) is 5.04. The first kappa shape index (κ1) is 11.7. The predicted molar refractivity (Wildman–Crippen MR) is 57.8 cm³/mol. The number of para-hydroxylation sites is 1. The van der Waals surface area contributed by atoms with Crippen molar-refractivity contribution < 1.29 is 15.0 Å². The van der Waals surface area contributed by atoms with Crippen LogP contribution in [0.1, 0.15) is 31.2 Å². The molecule has 0 saturated carbocycles. The van der Waals surface area contributed by atoms with Crippen LogP contribution in [0.4, 0.5) is 0 Å². The van der Waals surface area contributed by atoms with Crippen molar-refractivity contribution in [1.82, 2.24) is 0 Å². The molecule has 3 nitrogen and oxygen atoms in total. The zero-order valence-corrected chi connectivity index (χ0v) is 8.76. The van der Waals surface area contributed by atoms with Crippen molar-refractivity contribution in [3.05, 3.63) is 29.8 Å². The highest BCUT2D eigenvalue weighted by atomic mass is 16.3. The number of rotatable bonds is 5. The summed E-state index contributed by atoms with van der Waals surface area (Å²) in [5.41, 5.74) is 0.808. The number of hydrogen-bond donors (Lipinski definition) is 2. The van der Waals surface area contributed by atoms with Gasteiger partial charge in [0.05, 0.1) is 6.10 Å². The Morgan fingerprint density at radius 3 is 2.67 bits per heavy atom. The molecule has 1 rings (SSSR count). The third kappa shape index (κ3) is 3.36. The lowest BCUT2D eigenvalue weighted by atomic mass is 9.93. The molecule has 0 bridgehead atoms. The van der Waals surface area contributed by atoms with Gasteiger partial charge in [-0.2, -0.15) is 0 Å². The third-order valence-electron chi connectivity index (χ3n) is 2.46. The fourth-order valence-electron chi connectivity index (χ4n) is 1.65. The van der Waals surface area contributed by atoms with Crippen molar-refractivity contribution in [2.45, 2.75) is 31.8 Å².